The van der Waals surface area contributed by atoms with Crippen molar-refractivity contribution in [3.05, 3.63) is 46.1 Å². The lowest BCUT2D eigenvalue weighted by atomic mass is 9.98. The molecule has 6 heteroatoms. The van der Waals surface area contributed by atoms with Crippen molar-refractivity contribution in [1.82, 2.24) is 0 Å². The number of phenolic OH excluding ortho intramolecular Hbond substituents is 3. The van der Waals surface area contributed by atoms with Gasteiger partial charge in [-0.05, 0) is 25.0 Å². The van der Waals surface area contributed by atoms with E-state index in [1.807, 2.05) is 0 Å². The molecule has 3 rings (SSSR count). The van der Waals surface area contributed by atoms with Gasteiger partial charge in [-0.15, -0.1) is 0 Å². The number of hydrogen-bond donors (Lipinski definition) is 3. The molecule has 0 radical (unpaired) electrons. The van der Waals surface area contributed by atoms with Crippen molar-refractivity contribution in [2.75, 3.05) is 7.11 Å². The summed E-state index contributed by atoms with van der Waals surface area (Å²) in [5.41, 5.74) is 0.539. The van der Waals surface area contributed by atoms with Crippen molar-refractivity contribution in [1.29, 1.82) is 0 Å². The van der Waals surface area contributed by atoms with E-state index in [0.717, 1.165) is 25.7 Å². The molecule has 0 atom stereocenters. The Balaban J connectivity index is 2.24. The second-order valence-electron chi connectivity index (χ2n) is 6.77. The molecule has 0 aliphatic carbocycles. The molecular weight excluding hydrogens is 360 g/mol. The van der Waals surface area contributed by atoms with Crippen LogP contribution in [-0.2, 0) is 6.42 Å². The first-order valence-corrected chi connectivity index (χ1v) is 9.35. The van der Waals surface area contributed by atoms with Crippen LogP contribution in [0.4, 0.5) is 0 Å². The molecule has 3 aromatic rings. The molecule has 0 aliphatic rings. The van der Waals surface area contributed by atoms with Crippen molar-refractivity contribution in [2.24, 2.45) is 0 Å². The molecule has 0 saturated heterocycles. The van der Waals surface area contributed by atoms with Crippen LogP contribution in [0, 0.1) is 0 Å². The normalized spacial score (nSPS) is 11.1. The van der Waals surface area contributed by atoms with E-state index < -0.39 is 0 Å². The van der Waals surface area contributed by atoms with Gasteiger partial charge in [0, 0.05) is 23.8 Å². The van der Waals surface area contributed by atoms with Crippen LogP contribution < -0.4 is 10.2 Å². The third-order valence-corrected chi connectivity index (χ3v) is 4.78. The minimum atomic E-state index is -0.333. The molecule has 2 aromatic carbocycles. The molecule has 0 spiro atoms. The zero-order valence-corrected chi connectivity index (χ0v) is 16.0. The quantitative estimate of drug-likeness (QED) is 0.510. The minimum absolute atomic E-state index is 0.0896. The number of aromatic hydroxyl groups is 3. The fourth-order valence-corrected chi connectivity index (χ4v) is 3.31. The Kier molecular flexibility index (Phi) is 5.78. The molecule has 0 saturated carbocycles. The van der Waals surface area contributed by atoms with Crippen LogP contribution in [0.2, 0.25) is 0 Å². The highest BCUT2D eigenvalue weighted by atomic mass is 16.5. The molecule has 3 N–H and O–H groups in total. The molecule has 0 bridgehead atoms. The molecular formula is C22H24O6. The maximum atomic E-state index is 13.2. The maximum absolute atomic E-state index is 13.2. The highest BCUT2D eigenvalue weighted by molar-refractivity contribution is 5.87. The zero-order chi connectivity index (χ0) is 20.3. The molecule has 0 amide bonds. The van der Waals surface area contributed by atoms with E-state index in [2.05, 4.69) is 6.92 Å². The van der Waals surface area contributed by atoms with Crippen LogP contribution in [0.15, 0.2) is 39.5 Å². The van der Waals surface area contributed by atoms with Gasteiger partial charge in [0.05, 0.1) is 12.7 Å². The van der Waals surface area contributed by atoms with Crippen molar-refractivity contribution in [3.8, 4) is 34.3 Å². The minimum Gasteiger partial charge on any atom is -0.508 e. The van der Waals surface area contributed by atoms with Gasteiger partial charge in [0.15, 0.2) is 5.43 Å². The van der Waals surface area contributed by atoms with Crippen LogP contribution in [0.5, 0.6) is 23.0 Å². The molecule has 1 heterocycles. The summed E-state index contributed by atoms with van der Waals surface area (Å²) >= 11 is 0. The smallest absolute Gasteiger partial charge is 0.200 e. The van der Waals surface area contributed by atoms with E-state index in [0.29, 0.717) is 23.3 Å². The lowest BCUT2D eigenvalue weighted by molar-refractivity contribution is 0.408. The summed E-state index contributed by atoms with van der Waals surface area (Å²) in [5, 5.41) is 30.3. The van der Waals surface area contributed by atoms with Gasteiger partial charge in [0.2, 0.25) is 0 Å². The van der Waals surface area contributed by atoms with E-state index in [1.165, 1.54) is 37.4 Å². The SMILES string of the molecule is CCCCCCc1c(-c2ccc(O)cc2O)oc2cc(OC)cc(O)c2c1=O. The first kappa shape index (κ1) is 19.6. The average molecular weight is 384 g/mol. The first-order valence-electron chi connectivity index (χ1n) is 9.35. The number of phenols is 3. The second-order valence-corrected chi connectivity index (χ2v) is 6.77. The van der Waals surface area contributed by atoms with Gasteiger partial charge in [0.1, 0.15) is 39.7 Å². The van der Waals surface area contributed by atoms with Crippen LogP contribution in [0.25, 0.3) is 22.3 Å². The monoisotopic (exact) mass is 384 g/mol. The first-order chi connectivity index (χ1) is 13.5. The highest BCUT2D eigenvalue weighted by Crippen LogP contribution is 2.37. The summed E-state index contributed by atoms with van der Waals surface area (Å²) in [7, 11) is 1.45. The molecule has 28 heavy (non-hydrogen) atoms. The summed E-state index contributed by atoms with van der Waals surface area (Å²) in [5.74, 6) is 0.0980. The lowest BCUT2D eigenvalue weighted by Gasteiger charge is -2.13. The lowest BCUT2D eigenvalue weighted by Crippen LogP contribution is -2.12. The topological polar surface area (TPSA) is 100 Å². The molecule has 1 aromatic heterocycles. The standard InChI is InChI=1S/C22H24O6/c1-3-4-5-6-7-16-21(26)20-18(25)11-14(27-2)12-19(20)28-22(16)15-9-8-13(23)10-17(15)24/h8-12,23-25H,3-7H2,1-2H3. The fourth-order valence-electron chi connectivity index (χ4n) is 3.31. The van der Waals surface area contributed by atoms with Crippen molar-refractivity contribution >= 4 is 11.0 Å². The van der Waals surface area contributed by atoms with E-state index in [1.54, 1.807) is 0 Å². The van der Waals surface area contributed by atoms with Gasteiger partial charge < -0.3 is 24.5 Å². The molecule has 6 nitrogen and oxygen atoms in total. The van der Waals surface area contributed by atoms with Gasteiger partial charge in [-0.3, -0.25) is 4.79 Å². The van der Waals surface area contributed by atoms with Gasteiger partial charge in [-0.2, -0.15) is 0 Å². The van der Waals surface area contributed by atoms with Crippen LogP contribution in [-0.4, -0.2) is 22.4 Å². The second kappa shape index (κ2) is 8.25. The number of fused-ring (bicyclic) bond motifs is 1. The van der Waals surface area contributed by atoms with Crippen LogP contribution >= 0.6 is 0 Å². The number of ether oxygens (including phenoxy) is 1. The maximum Gasteiger partial charge on any atom is 0.200 e. The summed E-state index contributed by atoms with van der Waals surface area (Å²) in [6.07, 6.45) is 4.33. The summed E-state index contributed by atoms with van der Waals surface area (Å²) in [4.78, 5) is 13.2. The van der Waals surface area contributed by atoms with E-state index in [4.69, 9.17) is 9.15 Å². The summed E-state index contributed by atoms with van der Waals surface area (Å²) in [6.45, 7) is 2.11. The van der Waals surface area contributed by atoms with E-state index in [9.17, 15) is 20.1 Å². The Morgan fingerprint density at radius 3 is 2.46 bits per heavy atom. The van der Waals surface area contributed by atoms with Crippen molar-refractivity contribution in [3.63, 3.8) is 0 Å². The molecule has 0 fully saturated rings. The predicted molar refractivity (Wildman–Crippen MR) is 107 cm³/mol. The molecule has 0 unspecified atom stereocenters. The summed E-state index contributed by atoms with van der Waals surface area (Å²) in [6, 6.07) is 7.02. The summed E-state index contributed by atoms with van der Waals surface area (Å²) < 4.78 is 11.1. The predicted octanol–water partition coefficient (Wildman–Crippen LogP) is 4.71. The Labute approximate surface area is 162 Å². The number of benzene rings is 2. The van der Waals surface area contributed by atoms with Crippen molar-refractivity contribution in [2.45, 2.75) is 39.0 Å². The van der Waals surface area contributed by atoms with Gasteiger partial charge in [-0.25, -0.2) is 0 Å². The third kappa shape index (κ3) is 3.76. The Bertz CT molecular complexity index is 1050. The van der Waals surface area contributed by atoms with Gasteiger partial charge >= 0.3 is 0 Å². The van der Waals surface area contributed by atoms with Crippen LogP contribution in [0.1, 0.15) is 38.2 Å². The number of methoxy groups -OCH3 is 1. The van der Waals surface area contributed by atoms with Crippen molar-refractivity contribution < 1.29 is 24.5 Å². The zero-order valence-electron chi connectivity index (χ0n) is 16.0. The number of hydrogen-bond acceptors (Lipinski definition) is 6. The molecule has 148 valence electrons. The Hall–Kier alpha value is -3.15. The van der Waals surface area contributed by atoms with Crippen LogP contribution in [0.3, 0.4) is 0 Å². The number of rotatable bonds is 7. The van der Waals surface area contributed by atoms with Gasteiger partial charge in [0.25, 0.3) is 0 Å². The van der Waals surface area contributed by atoms with E-state index in [-0.39, 0.29) is 39.4 Å². The van der Waals surface area contributed by atoms with Gasteiger partial charge in [-0.1, -0.05) is 26.2 Å². The fraction of sp³-hybridized carbons (Fsp3) is 0.318. The highest BCUT2D eigenvalue weighted by Gasteiger charge is 2.21. The largest absolute Gasteiger partial charge is 0.508 e. The average Bonchev–Trinajstić information content (AvgIpc) is 2.66. The Morgan fingerprint density at radius 2 is 1.79 bits per heavy atom. The van der Waals surface area contributed by atoms with E-state index >= 15 is 0 Å². The molecule has 0 aliphatic heterocycles. The third-order valence-electron chi connectivity index (χ3n) is 4.78. The Morgan fingerprint density at radius 1 is 1.00 bits per heavy atom. The number of unbranched alkanes of at least 4 members (excludes halogenated alkanes) is 3.